The number of nitrogens with one attached hydrogen (secondary N) is 1. The van der Waals surface area contributed by atoms with Gasteiger partial charge in [-0.2, -0.15) is 0 Å². The predicted octanol–water partition coefficient (Wildman–Crippen LogP) is 1.99. The molecule has 3 rings (SSSR count). The van der Waals surface area contributed by atoms with E-state index in [1.165, 1.54) is 19.0 Å². The summed E-state index contributed by atoms with van der Waals surface area (Å²) < 4.78 is 0. The molecule has 0 saturated heterocycles. The lowest BCUT2D eigenvalue weighted by Gasteiger charge is -2.51. The maximum atomic E-state index is 11.5. The maximum absolute atomic E-state index is 11.5. The van der Waals surface area contributed by atoms with E-state index in [2.05, 4.69) is 16.8 Å². The highest BCUT2D eigenvalue weighted by Gasteiger charge is 2.43. The van der Waals surface area contributed by atoms with Crippen LogP contribution < -0.4 is 5.48 Å². The lowest BCUT2D eigenvalue weighted by atomic mass is 9.63. The summed E-state index contributed by atoms with van der Waals surface area (Å²) in [6.07, 6.45) is 7.01. The lowest BCUT2D eigenvalue weighted by Crippen LogP contribution is -2.51. The highest BCUT2D eigenvalue weighted by molar-refractivity contribution is 5.93. The van der Waals surface area contributed by atoms with E-state index in [4.69, 9.17) is 5.21 Å². The van der Waals surface area contributed by atoms with Crippen molar-refractivity contribution in [2.24, 2.45) is 5.41 Å². The zero-order valence-electron chi connectivity index (χ0n) is 16.5. The Balaban J connectivity index is 1.49. The van der Waals surface area contributed by atoms with Crippen LogP contribution in [0.5, 0.6) is 0 Å². The monoisotopic (exact) mass is 374 g/mol. The summed E-state index contributed by atoms with van der Waals surface area (Å²) in [5.41, 5.74) is 4.57. The van der Waals surface area contributed by atoms with Gasteiger partial charge in [-0.05, 0) is 49.1 Å². The van der Waals surface area contributed by atoms with Gasteiger partial charge in [-0.3, -0.25) is 24.7 Å². The van der Waals surface area contributed by atoms with Gasteiger partial charge in [0, 0.05) is 45.8 Å². The Morgan fingerprint density at radius 2 is 2.19 bits per heavy atom. The molecule has 7 nitrogen and oxygen atoms in total. The first-order chi connectivity index (χ1) is 12.8. The molecule has 1 fully saturated rings. The fraction of sp³-hybridized carbons (Fsp3) is 0.650. The van der Waals surface area contributed by atoms with Crippen LogP contribution in [0.25, 0.3) is 0 Å². The van der Waals surface area contributed by atoms with Crippen molar-refractivity contribution in [1.29, 1.82) is 0 Å². The summed E-state index contributed by atoms with van der Waals surface area (Å²) in [4.78, 5) is 31.6. The summed E-state index contributed by atoms with van der Waals surface area (Å²) in [6, 6.07) is 2.43. The number of aromatic nitrogens is 1. The molecule has 0 unspecified atom stereocenters. The molecule has 148 valence electrons. The van der Waals surface area contributed by atoms with E-state index in [1.54, 1.807) is 17.3 Å². The molecule has 7 heteroatoms. The van der Waals surface area contributed by atoms with Crippen LogP contribution >= 0.6 is 0 Å². The fourth-order valence-electron chi connectivity index (χ4n) is 4.37. The number of amides is 2. The summed E-state index contributed by atoms with van der Waals surface area (Å²) in [7, 11) is 1.86. The van der Waals surface area contributed by atoms with Crippen LogP contribution in [0, 0.1) is 5.41 Å². The summed E-state index contributed by atoms with van der Waals surface area (Å²) in [5.74, 6) is -0.386. The van der Waals surface area contributed by atoms with Gasteiger partial charge in [0.15, 0.2) is 0 Å². The molecule has 27 heavy (non-hydrogen) atoms. The van der Waals surface area contributed by atoms with Gasteiger partial charge < -0.3 is 4.90 Å². The van der Waals surface area contributed by atoms with Gasteiger partial charge in [-0.1, -0.05) is 6.92 Å². The molecular formula is C20H30N4O3. The number of hydrogen-bond donors (Lipinski definition) is 2. The first-order valence-corrected chi connectivity index (χ1v) is 9.69. The normalized spacial score (nSPS) is 24.7. The Labute approximate surface area is 160 Å². The van der Waals surface area contributed by atoms with E-state index in [0.29, 0.717) is 17.0 Å². The van der Waals surface area contributed by atoms with Gasteiger partial charge in [0.25, 0.3) is 5.91 Å². The Bertz CT molecular complexity index is 715. The Kier molecular flexibility index (Phi) is 5.81. The average Bonchev–Trinajstić information content (AvgIpc) is 2.64. The van der Waals surface area contributed by atoms with Crippen molar-refractivity contribution in [2.75, 3.05) is 20.1 Å². The van der Waals surface area contributed by atoms with Crippen molar-refractivity contribution < 1.29 is 14.8 Å². The van der Waals surface area contributed by atoms with Crippen molar-refractivity contribution in [2.45, 2.75) is 58.5 Å². The standard InChI is InChI=1S/C20H30N4O3/c1-14(25)23(3)7-4-6-20(2)10-17(11-20)24-8-5-15-9-16(19(26)22-27)12-21-18(15)13-24/h9,12,17,27H,4-8,10-11,13H2,1-3H3,(H,22,26). The first kappa shape index (κ1) is 19.8. The molecule has 2 aliphatic rings. The third kappa shape index (κ3) is 4.47. The molecule has 0 spiro atoms. The van der Waals surface area contributed by atoms with E-state index < -0.39 is 5.91 Å². The second-order valence-electron chi connectivity index (χ2n) is 8.41. The molecular weight excluding hydrogens is 344 g/mol. The molecule has 2 N–H and O–H groups in total. The fourth-order valence-corrected chi connectivity index (χ4v) is 4.37. The van der Waals surface area contributed by atoms with Crippen molar-refractivity contribution in [3.05, 3.63) is 29.1 Å². The van der Waals surface area contributed by atoms with E-state index in [0.717, 1.165) is 50.2 Å². The topological polar surface area (TPSA) is 85.8 Å². The number of carbonyl (C=O) groups excluding carboxylic acids is 2. The van der Waals surface area contributed by atoms with E-state index in [9.17, 15) is 9.59 Å². The molecule has 0 aromatic carbocycles. The van der Waals surface area contributed by atoms with Crippen LogP contribution in [0.1, 0.15) is 61.1 Å². The third-order valence-electron chi connectivity index (χ3n) is 6.23. The lowest BCUT2D eigenvalue weighted by molar-refractivity contribution is -0.127. The first-order valence-electron chi connectivity index (χ1n) is 9.69. The average molecular weight is 374 g/mol. The van der Waals surface area contributed by atoms with E-state index in [-0.39, 0.29) is 5.91 Å². The molecule has 2 heterocycles. The van der Waals surface area contributed by atoms with Gasteiger partial charge in [0.2, 0.25) is 5.91 Å². The van der Waals surface area contributed by atoms with Crippen molar-refractivity contribution >= 4 is 11.8 Å². The number of hydrogen-bond acceptors (Lipinski definition) is 5. The predicted molar refractivity (Wildman–Crippen MR) is 101 cm³/mol. The molecule has 2 amide bonds. The molecule has 0 atom stereocenters. The van der Waals surface area contributed by atoms with Crippen LogP contribution in [0.3, 0.4) is 0 Å². The quantitative estimate of drug-likeness (QED) is 0.587. The molecule has 1 aromatic rings. The zero-order valence-corrected chi connectivity index (χ0v) is 16.5. The summed E-state index contributed by atoms with van der Waals surface area (Å²) in [5, 5.41) is 8.76. The number of pyridine rings is 1. The van der Waals surface area contributed by atoms with Crippen LogP contribution in [0.4, 0.5) is 0 Å². The Morgan fingerprint density at radius 1 is 1.44 bits per heavy atom. The van der Waals surface area contributed by atoms with Gasteiger partial charge in [-0.15, -0.1) is 0 Å². The number of fused-ring (bicyclic) bond motifs is 1. The SMILES string of the molecule is CC(=O)N(C)CCCC1(C)CC(N2CCc3cc(C(=O)NO)cnc3C2)C1. The van der Waals surface area contributed by atoms with Crippen molar-refractivity contribution in [3.8, 4) is 0 Å². The van der Waals surface area contributed by atoms with Crippen LogP contribution in [0.15, 0.2) is 12.3 Å². The number of carbonyl (C=O) groups is 2. The Morgan fingerprint density at radius 3 is 2.85 bits per heavy atom. The van der Waals surface area contributed by atoms with Crippen LogP contribution in [-0.2, 0) is 17.8 Å². The molecule has 1 aliphatic carbocycles. The van der Waals surface area contributed by atoms with Crippen molar-refractivity contribution in [1.82, 2.24) is 20.3 Å². The second kappa shape index (κ2) is 7.94. The smallest absolute Gasteiger partial charge is 0.276 e. The minimum atomic E-state index is -0.516. The largest absolute Gasteiger partial charge is 0.346 e. The van der Waals surface area contributed by atoms with Crippen LogP contribution in [-0.4, -0.2) is 58.0 Å². The highest BCUT2D eigenvalue weighted by Crippen LogP contribution is 2.47. The van der Waals surface area contributed by atoms with Crippen LogP contribution in [0.2, 0.25) is 0 Å². The minimum absolute atomic E-state index is 0.130. The Hall–Kier alpha value is -1.99. The van der Waals surface area contributed by atoms with Gasteiger partial charge >= 0.3 is 0 Å². The number of nitrogens with zero attached hydrogens (tertiary/aromatic N) is 3. The molecule has 0 radical (unpaired) electrons. The number of hydroxylamine groups is 1. The third-order valence-corrected chi connectivity index (χ3v) is 6.23. The number of rotatable bonds is 6. The van der Waals surface area contributed by atoms with E-state index >= 15 is 0 Å². The highest BCUT2D eigenvalue weighted by atomic mass is 16.5. The zero-order chi connectivity index (χ0) is 19.6. The van der Waals surface area contributed by atoms with Gasteiger partial charge in [0.1, 0.15) is 0 Å². The summed E-state index contributed by atoms with van der Waals surface area (Å²) in [6.45, 7) is 6.60. The molecule has 1 saturated carbocycles. The maximum Gasteiger partial charge on any atom is 0.276 e. The van der Waals surface area contributed by atoms with Gasteiger partial charge in [0.05, 0.1) is 11.3 Å². The van der Waals surface area contributed by atoms with Gasteiger partial charge in [-0.25, -0.2) is 5.48 Å². The minimum Gasteiger partial charge on any atom is -0.346 e. The van der Waals surface area contributed by atoms with Crippen molar-refractivity contribution in [3.63, 3.8) is 0 Å². The van der Waals surface area contributed by atoms with E-state index in [1.807, 2.05) is 13.1 Å². The molecule has 1 aliphatic heterocycles. The second-order valence-corrected chi connectivity index (χ2v) is 8.41. The molecule has 0 bridgehead atoms. The summed E-state index contributed by atoms with van der Waals surface area (Å²) >= 11 is 0. The molecule has 1 aromatic heterocycles.